The smallest absolute Gasteiger partial charge is 0.0666 e. The summed E-state index contributed by atoms with van der Waals surface area (Å²) >= 11 is 0. The predicted octanol–water partition coefficient (Wildman–Crippen LogP) is 1.76. The second kappa shape index (κ2) is 7.24. The zero-order valence-corrected chi connectivity index (χ0v) is 11.8. The van der Waals surface area contributed by atoms with E-state index in [0.29, 0.717) is 17.7 Å². The summed E-state index contributed by atoms with van der Waals surface area (Å²) in [4.78, 5) is 8.51. The second-order valence-corrected chi connectivity index (χ2v) is 4.70. The van der Waals surface area contributed by atoms with Crippen LogP contribution < -0.4 is 10.2 Å². The highest BCUT2D eigenvalue weighted by molar-refractivity contribution is 5.83. The molecule has 4 nitrogen and oxygen atoms in total. The molecule has 0 radical (unpaired) electrons. The fourth-order valence-corrected chi connectivity index (χ4v) is 1.73. The summed E-state index contributed by atoms with van der Waals surface area (Å²) in [5.41, 5.74) is 1.14. The Bertz CT molecular complexity index is 651. The molecule has 1 unspecified atom stereocenters. The predicted molar refractivity (Wildman–Crippen MR) is 81.3 cm³/mol. The second-order valence-electron chi connectivity index (χ2n) is 4.70. The van der Waals surface area contributed by atoms with Gasteiger partial charge in [0.15, 0.2) is 0 Å². The van der Waals surface area contributed by atoms with Gasteiger partial charge >= 0.3 is 0 Å². The zero-order valence-electron chi connectivity index (χ0n) is 11.8. The van der Waals surface area contributed by atoms with Gasteiger partial charge in [0.1, 0.15) is 0 Å². The maximum absolute atomic E-state index is 11.5. The Morgan fingerprint density at radius 2 is 1.43 bits per heavy atom. The molecule has 0 bridgehead atoms. The third kappa shape index (κ3) is 4.45. The number of hydrogen-bond acceptors (Lipinski definition) is 4. The minimum Gasteiger partial charge on any atom is -0.872 e. The van der Waals surface area contributed by atoms with Crippen molar-refractivity contribution in [1.82, 2.24) is 0 Å². The molecule has 4 heteroatoms. The van der Waals surface area contributed by atoms with Gasteiger partial charge in [0.05, 0.1) is 12.6 Å². The van der Waals surface area contributed by atoms with E-state index in [2.05, 4.69) is 9.98 Å². The van der Waals surface area contributed by atoms with Crippen molar-refractivity contribution in [2.24, 2.45) is 9.98 Å². The molecule has 0 aromatic heterocycles. The van der Waals surface area contributed by atoms with Crippen molar-refractivity contribution in [2.45, 2.75) is 13.0 Å². The van der Waals surface area contributed by atoms with Crippen LogP contribution in [-0.2, 0) is 0 Å². The Balaban J connectivity index is 1.92. The van der Waals surface area contributed by atoms with Crippen LogP contribution in [0, 0.1) is 0 Å². The zero-order chi connectivity index (χ0) is 15.1. The van der Waals surface area contributed by atoms with Crippen molar-refractivity contribution in [3.63, 3.8) is 0 Å². The number of para-hydroxylation sites is 2. The molecule has 0 aliphatic carbocycles. The van der Waals surface area contributed by atoms with Gasteiger partial charge in [-0.2, -0.15) is 0 Å². The quantitative estimate of drug-likeness (QED) is 0.783. The fraction of sp³-hybridized carbons (Fsp3) is 0.176. The molecule has 21 heavy (non-hydrogen) atoms. The Labute approximate surface area is 124 Å². The van der Waals surface area contributed by atoms with Crippen molar-refractivity contribution in [3.8, 4) is 11.5 Å². The number of hydrogen-bond donors (Lipinski definition) is 0. The summed E-state index contributed by atoms with van der Waals surface area (Å²) in [5, 5.41) is 23.0. The van der Waals surface area contributed by atoms with Crippen LogP contribution in [0.3, 0.4) is 0 Å². The van der Waals surface area contributed by atoms with E-state index in [4.69, 9.17) is 0 Å². The van der Waals surface area contributed by atoms with Crippen LogP contribution in [0.15, 0.2) is 58.5 Å². The maximum atomic E-state index is 11.5. The number of rotatable bonds is 5. The van der Waals surface area contributed by atoms with Crippen molar-refractivity contribution in [3.05, 3.63) is 59.7 Å². The standard InChI is InChI=1S/C17H18N2O2/c1-13(19-12-15-7-3-5-9-17(15)21)10-18-11-14-6-2-4-8-16(14)20/h2-9,11-13,20-21H,10H2,1H3/p-2. The lowest BCUT2D eigenvalue weighted by Gasteiger charge is -2.09. The van der Waals surface area contributed by atoms with Crippen LogP contribution in [0.5, 0.6) is 11.5 Å². The minimum absolute atomic E-state index is 0.0438. The molecular formula is C17H16N2O2-2. The number of aliphatic imine (C=N–C) groups is 2. The van der Waals surface area contributed by atoms with Crippen LogP contribution >= 0.6 is 0 Å². The Morgan fingerprint density at radius 1 is 0.905 bits per heavy atom. The van der Waals surface area contributed by atoms with Gasteiger partial charge in [0.25, 0.3) is 0 Å². The molecule has 0 fully saturated rings. The lowest BCUT2D eigenvalue weighted by Crippen LogP contribution is -2.05. The van der Waals surface area contributed by atoms with E-state index in [-0.39, 0.29) is 17.5 Å². The van der Waals surface area contributed by atoms with E-state index in [9.17, 15) is 10.2 Å². The van der Waals surface area contributed by atoms with Crippen molar-refractivity contribution < 1.29 is 10.2 Å². The summed E-state index contributed by atoms with van der Waals surface area (Å²) in [6.07, 6.45) is 3.14. The SMILES string of the molecule is CC(CN=Cc1ccccc1[O-])N=Cc1ccccc1[O-]. The lowest BCUT2D eigenvalue weighted by molar-refractivity contribution is -0.269. The van der Waals surface area contributed by atoms with Crippen molar-refractivity contribution in [2.75, 3.05) is 6.54 Å². The Morgan fingerprint density at radius 3 is 2.00 bits per heavy atom. The molecule has 2 aromatic rings. The van der Waals surface area contributed by atoms with E-state index >= 15 is 0 Å². The molecule has 0 aliphatic heterocycles. The van der Waals surface area contributed by atoms with E-state index in [1.807, 2.05) is 6.92 Å². The van der Waals surface area contributed by atoms with E-state index in [1.54, 1.807) is 48.8 Å². The number of benzene rings is 2. The normalized spacial score (nSPS) is 13.0. The molecule has 0 amide bonds. The molecule has 0 heterocycles. The molecule has 0 saturated heterocycles. The molecule has 2 rings (SSSR count). The fourth-order valence-electron chi connectivity index (χ4n) is 1.73. The van der Waals surface area contributed by atoms with Gasteiger partial charge in [-0.3, -0.25) is 9.98 Å². The summed E-state index contributed by atoms with van der Waals surface area (Å²) < 4.78 is 0. The van der Waals surface area contributed by atoms with Crippen molar-refractivity contribution >= 4 is 12.4 Å². The van der Waals surface area contributed by atoms with Gasteiger partial charge in [-0.1, -0.05) is 48.5 Å². The van der Waals surface area contributed by atoms with Gasteiger partial charge in [-0.15, -0.1) is 11.5 Å². The maximum Gasteiger partial charge on any atom is 0.0666 e. The first-order chi connectivity index (χ1) is 10.2. The van der Waals surface area contributed by atoms with Crippen LogP contribution in [0.4, 0.5) is 0 Å². The summed E-state index contributed by atoms with van der Waals surface area (Å²) in [7, 11) is 0. The van der Waals surface area contributed by atoms with E-state index in [0.717, 1.165) is 0 Å². The molecular weight excluding hydrogens is 264 g/mol. The average Bonchev–Trinajstić information content (AvgIpc) is 2.48. The molecule has 0 saturated carbocycles. The summed E-state index contributed by atoms with van der Waals surface area (Å²) in [6.45, 7) is 2.37. The molecule has 108 valence electrons. The molecule has 0 aliphatic rings. The van der Waals surface area contributed by atoms with Crippen LogP contribution in [0.2, 0.25) is 0 Å². The highest BCUT2D eigenvalue weighted by atomic mass is 16.3. The lowest BCUT2D eigenvalue weighted by atomic mass is 10.2. The monoisotopic (exact) mass is 280 g/mol. The van der Waals surface area contributed by atoms with Gasteiger partial charge in [0, 0.05) is 12.4 Å². The van der Waals surface area contributed by atoms with Gasteiger partial charge in [0.2, 0.25) is 0 Å². The van der Waals surface area contributed by atoms with Gasteiger partial charge in [-0.05, 0) is 18.1 Å². The van der Waals surface area contributed by atoms with E-state index < -0.39 is 0 Å². The highest BCUT2D eigenvalue weighted by Crippen LogP contribution is 2.10. The topological polar surface area (TPSA) is 70.8 Å². The minimum atomic E-state index is -0.0559. The van der Waals surface area contributed by atoms with Crippen molar-refractivity contribution in [1.29, 1.82) is 0 Å². The first-order valence-corrected chi connectivity index (χ1v) is 6.72. The highest BCUT2D eigenvalue weighted by Gasteiger charge is 1.96. The summed E-state index contributed by atoms with van der Waals surface area (Å²) in [6, 6.07) is 13.4. The van der Waals surface area contributed by atoms with Crippen LogP contribution in [0.25, 0.3) is 0 Å². The molecule has 2 aromatic carbocycles. The third-order valence-electron chi connectivity index (χ3n) is 2.91. The first-order valence-electron chi connectivity index (χ1n) is 6.72. The molecule has 0 spiro atoms. The Kier molecular flexibility index (Phi) is 5.10. The van der Waals surface area contributed by atoms with Gasteiger partial charge < -0.3 is 10.2 Å². The molecule has 1 atom stereocenters. The number of nitrogens with zero attached hydrogens (tertiary/aromatic N) is 2. The van der Waals surface area contributed by atoms with Gasteiger partial charge in [-0.25, -0.2) is 0 Å². The van der Waals surface area contributed by atoms with Crippen LogP contribution in [0.1, 0.15) is 18.1 Å². The first kappa shape index (κ1) is 14.8. The Hall–Kier alpha value is -2.62. The largest absolute Gasteiger partial charge is 0.872 e. The summed E-state index contributed by atoms with van der Waals surface area (Å²) in [5.74, 6) is -0.0880. The molecule has 0 N–H and O–H groups in total. The third-order valence-corrected chi connectivity index (χ3v) is 2.91. The average molecular weight is 280 g/mol. The van der Waals surface area contributed by atoms with E-state index in [1.165, 1.54) is 12.1 Å². The van der Waals surface area contributed by atoms with Crippen LogP contribution in [-0.4, -0.2) is 25.0 Å².